The highest BCUT2D eigenvalue weighted by atomic mass is 16.1. The van der Waals surface area contributed by atoms with Crippen LogP contribution in [0, 0.1) is 5.41 Å². The van der Waals surface area contributed by atoms with E-state index in [0.29, 0.717) is 12.1 Å². The first kappa shape index (κ1) is 17.7. The number of aliphatic imine (C=N–C) groups is 1. The maximum absolute atomic E-state index is 12.2. The Morgan fingerprint density at radius 1 is 1.11 bits per heavy atom. The summed E-state index contributed by atoms with van der Waals surface area (Å²) >= 11 is 0. The number of nitrogens with one attached hydrogen (secondary N) is 3. The summed E-state index contributed by atoms with van der Waals surface area (Å²) in [5.41, 5.74) is 4.22. The second kappa shape index (κ2) is 7.53. The summed E-state index contributed by atoms with van der Waals surface area (Å²) in [6.45, 7) is 2.53. The van der Waals surface area contributed by atoms with Crippen LogP contribution in [-0.2, 0) is 13.0 Å². The quantitative estimate of drug-likeness (QED) is 0.786. The van der Waals surface area contributed by atoms with Gasteiger partial charge in [0.2, 0.25) is 0 Å². The van der Waals surface area contributed by atoms with Crippen molar-refractivity contribution >= 4 is 17.4 Å². The van der Waals surface area contributed by atoms with E-state index < -0.39 is 0 Å². The number of anilines is 1. The van der Waals surface area contributed by atoms with Crippen molar-refractivity contribution in [1.82, 2.24) is 10.6 Å². The fourth-order valence-corrected chi connectivity index (χ4v) is 4.21. The summed E-state index contributed by atoms with van der Waals surface area (Å²) in [6, 6.07) is 16.2. The first-order valence-electron chi connectivity index (χ1n) is 9.62. The molecule has 2 aromatic carbocycles. The molecule has 3 N–H and O–H groups in total. The standard InChI is InChI=1S/C22H26N4O/c1-23-20(27)18-8-4-2-7-17(18)15-25-21-22(10-12-24-13-11-22)14-16-6-3-5-9-19(16)26-21/h2-9,24H,10-15H2,1H3,(H,23,27)(H,25,26). The number of amides is 1. The van der Waals surface area contributed by atoms with E-state index in [9.17, 15) is 4.79 Å². The van der Waals surface area contributed by atoms with Crippen molar-refractivity contribution in [3.05, 3.63) is 65.2 Å². The molecule has 2 heterocycles. The largest absolute Gasteiger partial charge is 0.355 e. The highest BCUT2D eigenvalue weighted by Crippen LogP contribution is 2.40. The van der Waals surface area contributed by atoms with Gasteiger partial charge in [0.05, 0.1) is 6.54 Å². The summed E-state index contributed by atoms with van der Waals surface area (Å²) < 4.78 is 0. The van der Waals surface area contributed by atoms with Gasteiger partial charge in [-0.15, -0.1) is 0 Å². The van der Waals surface area contributed by atoms with Gasteiger partial charge in [0, 0.05) is 23.7 Å². The highest BCUT2D eigenvalue weighted by Gasteiger charge is 2.40. The van der Waals surface area contributed by atoms with Gasteiger partial charge in [0.25, 0.3) is 5.91 Å². The van der Waals surface area contributed by atoms with Crippen molar-refractivity contribution in [3.8, 4) is 0 Å². The number of carbonyl (C=O) groups excluding carboxylic acids is 1. The number of para-hydroxylation sites is 1. The molecule has 5 nitrogen and oxygen atoms in total. The molecule has 2 aromatic rings. The van der Waals surface area contributed by atoms with E-state index in [1.54, 1.807) is 7.05 Å². The van der Waals surface area contributed by atoms with Crippen LogP contribution in [0.4, 0.5) is 5.69 Å². The molecule has 2 aliphatic rings. The van der Waals surface area contributed by atoms with Crippen LogP contribution in [0.15, 0.2) is 53.5 Å². The first-order chi connectivity index (χ1) is 13.2. The van der Waals surface area contributed by atoms with E-state index >= 15 is 0 Å². The summed E-state index contributed by atoms with van der Waals surface area (Å²) in [5, 5.41) is 9.80. The lowest BCUT2D eigenvalue weighted by atomic mass is 9.71. The number of nitrogens with zero attached hydrogens (tertiary/aromatic N) is 1. The van der Waals surface area contributed by atoms with E-state index in [1.165, 1.54) is 5.56 Å². The van der Waals surface area contributed by atoms with Crippen molar-refractivity contribution in [2.45, 2.75) is 25.8 Å². The molecule has 0 radical (unpaired) electrons. The molecular formula is C22H26N4O. The predicted octanol–water partition coefficient (Wildman–Crippen LogP) is 2.98. The number of rotatable bonds is 3. The monoisotopic (exact) mass is 362 g/mol. The summed E-state index contributed by atoms with van der Waals surface area (Å²) in [5.74, 6) is 0.999. The predicted molar refractivity (Wildman–Crippen MR) is 109 cm³/mol. The smallest absolute Gasteiger partial charge is 0.251 e. The van der Waals surface area contributed by atoms with Crippen molar-refractivity contribution in [2.75, 3.05) is 25.5 Å². The van der Waals surface area contributed by atoms with Crippen LogP contribution < -0.4 is 16.0 Å². The molecule has 4 rings (SSSR count). The third-order valence-corrected chi connectivity index (χ3v) is 5.76. The molecule has 1 spiro atoms. The second-order valence-electron chi connectivity index (χ2n) is 7.39. The molecule has 0 bridgehead atoms. The van der Waals surface area contributed by atoms with Gasteiger partial charge in [0.1, 0.15) is 5.84 Å². The second-order valence-corrected chi connectivity index (χ2v) is 7.39. The van der Waals surface area contributed by atoms with Crippen LogP contribution in [-0.4, -0.2) is 31.9 Å². The lowest BCUT2D eigenvalue weighted by Crippen LogP contribution is -2.48. The van der Waals surface area contributed by atoms with Gasteiger partial charge in [-0.2, -0.15) is 0 Å². The van der Waals surface area contributed by atoms with Crippen LogP contribution in [0.25, 0.3) is 0 Å². The molecule has 2 aliphatic heterocycles. The number of benzene rings is 2. The topological polar surface area (TPSA) is 65.5 Å². The first-order valence-corrected chi connectivity index (χ1v) is 9.62. The maximum Gasteiger partial charge on any atom is 0.251 e. The van der Waals surface area contributed by atoms with Gasteiger partial charge >= 0.3 is 0 Å². The Kier molecular flexibility index (Phi) is 4.94. The lowest BCUT2D eigenvalue weighted by Gasteiger charge is -2.42. The van der Waals surface area contributed by atoms with Crippen LogP contribution in [0.1, 0.15) is 34.3 Å². The van der Waals surface area contributed by atoms with Crippen molar-refractivity contribution in [2.24, 2.45) is 10.4 Å². The van der Waals surface area contributed by atoms with Gasteiger partial charge in [-0.25, -0.2) is 0 Å². The average molecular weight is 362 g/mol. The summed E-state index contributed by atoms with van der Waals surface area (Å²) in [6.07, 6.45) is 3.17. The third-order valence-electron chi connectivity index (χ3n) is 5.76. The SMILES string of the molecule is CNC(=O)c1ccccc1CN=C1Nc2ccccc2CC12CCNCC2. The van der Waals surface area contributed by atoms with E-state index in [-0.39, 0.29) is 11.3 Å². The molecule has 5 heteroatoms. The van der Waals surface area contributed by atoms with Gasteiger partial charge < -0.3 is 16.0 Å². The molecule has 1 saturated heterocycles. The fourth-order valence-electron chi connectivity index (χ4n) is 4.21. The Balaban J connectivity index is 1.68. The van der Waals surface area contributed by atoms with Crippen molar-refractivity contribution < 1.29 is 4.79 Å². The van der Waals surface area contributed by atoms with Gasteiger partial charge in [-0.05, 0) is 55.6 Å². The normalized spacial score (nSPS) is 19.4. The molecule has 0 aliphatic carbocycles. The summed E-state index contributed by atoms with van der Waals surface area (Å²) in [7, 11) is 1.66. The maximum atomic E-state index is 12.2. The zero-order chi connectivity index (χ0) is 18.7. The van der Waals surface area contributed by atoms with Crippen LogP contribution in [0.5, 0.6) is 0 Å². The molecule has 27 heavy (non-hydrogen) atoms. The number of amidine groups is 1. The van der Waals surface area contributed by atoms with Gasteiger partial charge in [0.15, 0.2) is 0 Å². The van der Waals surface area contributed by atoms with E-state index in [2.05, 4.69) is 40.2 Å². The fraction of sp³-hybridized carbons (Fsp3) is 0.364. The molecule has 0 saturated carbocycles. The molecule has 0 aromatic heterocycles. The highest BCUT2D eigenvalue weighted by molar-refractivity contribution is 6.03. The molecule has 0 unspecified atom stereocenters. The van der Waals surface area contributed by atoms with Crippen LogP contribution in [0.2, 0.25) is 0 Å². The van der Waals surface area contributed by atoms with E-state index in [1.807, 2.05) is 24.3 Å². The minimum absolute atomic E-state index is 0.0571. The number of fused-ring (bicyclic) bond motifs is 1. The molecule has 1 fully saturated rings. The average Bonchev–Trinajstić information content (AvgIpc) is 2.72. The third kappa shape index (κ3) is 3.47. The Morgan fingerprint density at radius 2 is 1.85 bits per heavy atom. The number of carbonyl (C=O) groups is 1. The molecule has 0 atom stereocenters. The zero-order valence-corrected chi connectivity index (χ0v) is 15.7. The van der Waals surface area contributed by atoms with Crippen molar-refractivity contribution in [3.63, 3.8) is 0 Å². The molecule has 1 amide bonds. The number of hydrogen-bond donors (Lipinski definition) is 3. The minimum atomic E-state index is -0.0654. The van der Waals surface area contributed by atoms with Gasteiger partial charge in [-0.3, -0.25) is 9.79 Å². The summed E-state index contributed by atoms with van der Waals surface area (Å²) in [4.78, 5) is 17.2. The van der Waals surface area contributed by atoms with E-state index in [4.69, 9.17) is 4.99 Å². The number of hydrogen-bond acceptors (Lipinski definition) is 3. The Hall–Kier alpha value is -2.66. The van der Waals surface area contributed by atoms with E-state index in [0.717, 1.165) is 49.4 Å². The Bertz CT molecular complexity index is 868. The minimum Gasteiger partial charge on any atom is -0.355 e. The lowest BCUT2D eigenvalue weighted by molar-refractivity contribution is 0.0962. The molecule has 140 valence electrons. The Morgan fingerprint density at radius 3 is 2.67 bits per heavy atom. The van der Waals surface area contributed by atoms with Crippen LogP contribution >= 0.6 is 0 Å². The Labute approximate surface area is 160 Å². The zero-order valence-electron chi connectivity index (χ0n) is 15.7. The van der Waals surface area contributed by atoms with Gasteiger partial charge in [-0.1, -0.05) is 36.4 Å². The molecular weight excluding hydrogens is 336 g/mol. The number of piperidine rings is 1. The van der Waals surface area contributed by atoms with Crippen LogP contribution in [0.3, 0.4) is 0 Å². The van der Waals surface area contributed by atoms with Crippen molar-refractivity contribution in [1.29, 1.82) is 0 Å².